The van der Waals surface area contributed by atoms with Gasteiger partial charge < -0.3 is 15.5 Å². The van der Waals surface area contributed by atoms with E-state index in [2.05, 4.69) is 9.72 Å². The molecule has 3 rings (SSSR count). The molecular formula is C19H17Cl2F3N2O. The van der Waals surface area contributed by atoms with Gasteiger partial charge in [-0.25, -0.2) is 0 Å². The molecule has 1 aromatic heterocycles. The van der Waals surface area contributed by atoms with Crippen LogP contribution in [0.25, 0.3) is 22.2 Å². The highest BCUT2D eigenvalue weighted by atomic mass is 35.5. The van der Waals surface area contributed by atoms with Gasteiger partial charge in [0.05, 0.1) is 15.7 Å². The SMILES string of the molecule is NCCCCc1c(-c2c(Cl)cccc2Cl)[nH]c2ccc(OC(F)(F)F)cc12. The lowest BCUT2D eigenvalue weighted by atomic mass is 10.00. The Labute approximate surface area is 164 Å². The van der Waals surface area contributed by atoms with E-state index in [4.69, 9.17) is 28.9 Å². The lowest BCUT2D eigenvalue weighted by Crippen LogP contribution is -2.16. The summed E-state index contributed by atoms with van der Waals surface area (Å²) in [4.78, 5) is 3.24. The Morgan fingerprint density at radius 2 is 1.74 bits per heavy atom. The van der Waals surface area contributed by atoms with Gasteiger partial charge in [-0.15, -0.1) is 13.2 Å². The van der Waals surface area contributed by atoms with Crippen LogP contribution in [0.1, 0.15) is 18.4 Å². The Bertz CT molecular complexity index is 934. The first-order valence-corrected chi connectivity index (χ1v) is 9.10. The molecule has 0 aliphatic heterocycles. The van der Waals surface area contributed by atoms with Crippen LogP contribution in [0.2, 0.25) is 10.0 Å². The van der Waals surface area contributed by atoms with Crippen LogP contribution in [0.3, 0.4) is 0 Å². The minimum atomic E-state index is -4.75. The molecular weight excluding hydrogens is 400 g/mol. The summed E-state index contributed by atoms with van der Waals surface area (Å²) in [7, 11) is 0. The zero-order chi connectivity index (χ0) is 19.6. The molecule has 144 valence electrons. The van der Waals surface area contributed by atoms with Crippen LogP contribution < -0.4 is 10.5 Å². The number of aromatic nitrogens is 1. The van der Waals surface area contributed by atoms with Crippen molar-refractivity contribution in [1.82, 2.24) is 4.98 Å². The summed E-state index contributed by atoms with van der Waals surface area (Å²) in [5, 5.41) is 1.56. The second-order valence-corrected chi connectivity index (χ2v) is 6.89. The second kappa shape index (κ2) is 8.00. The highest BCUT2D eigenvalue weighted by Crippen LogP contribution is 2.40. The van der Waals surface area contributed by atoms with E-state index in [9.17, 15) is 13.2 Å². The van der Waals surface area contributed by atoms with E-state index in [1.54, 1.807) is 24.3 Å². The number of nitrogens with one attached hydrogen (secondary N) is 1. The molecule has 2 aromatic carbocycles. The molecule has 0 saturated carbocycles. The van der Waals surface area contributed by atoms with Gasteiger partial charge in [-0.2, -0.15) is 0 Å². The lowest BCUT2D eigenvalue weighted by Gasteiger charge is -2.10. The molecule has 8 heteroatoms. The Kier molecular flexibility index (Phi) is 5.89. The zero-order valence-electron chi connectivity index (χ0n) is 14.2. The first-order valence-electron chi connectivity index (χ1n) is 8.35. The molecule has 0 aliphatic carbocycles. The van der Waals surface area contributed by atoms with Gasteiger partial charge >= 0.3 is 6.36 Å². The number of halogens is 5. The molecule has 0 fully saturated rings. The van der Waals surface area contributed by atoms with Gasteiger partial charge in [-0.05, 0) is 61.7 Å². The molecule has 0 spiro atoms. The number of unbranched alkanes of at least 4 members (excludes halogenated alkanes) is 1. The number of alkyl halides is 3. The van der Waals surface area contributed by atoms with Crippen molar-refractivity contribution in [3.63, 3.8) is 0 Å². The summed E-state index contributed by atoms with van der Waals surface area (Å²) >= 11 is 12.7. The molecule has 0 amide bonds. The maximum atomic E-state index is 12.6. The van der Waals surface area contributed by atoms with Crippen molar-refractivity contribution in [2.24, 2.45) is 5.73 Å². The monoisotopic (exact) mass is 416 g/mol. The fourth-order valence-corrected chi connectivity index (χ4v) is 3.67. The van der Waals surface area contributed by atoms with E-state index >= 15 is 0 Å². The quantitative estimate of drug-likeness (QED) is 0.461. The van der Waals surface area contributed by atoms with Gasteiger partial charge in [0.2, 0.25) is 0 Å². The Hall–Kier alpha value is -1.89. The van der Waals surface area contributed by atoms with Gasteiger partial charge in [0.25, 0.3) is 0 Å². The summed E-state index contributed by atoms with van der Waals surface area (Å²) < 4.78 is 41.8. The number of benzene rings is 2. The van der Waals surface area contributed by atoms with Gasteiger partial charge in [-0.1, -0.05) is 29.3 Å². The second-order valence-electron chi connectivity index (χ2n) is 6.08. The smallest absolute Gasteiger partial charge is 0.406 e. The minimum Gasteiger partial charge on any atom is -0.406 e. The van der Waals surface area contributed by atoms with Gasteiger partial charge in [0.1, 0.15) is 5.75 Å². The fraction of sp³-hybridized carbons (Fsp3) is 0.263. The third-order valence-corrected chi connectivity index (χ3v) is 4.83. The molecule has 1 heterocycles. The van der Waals surface area contributed by atoms with Crippen molar-refractivity contribution >= 4 is 34.1 Å². The van der Waals surface area contributed by atoms with Gasteiger partial charge in [0.15, 0.2) is 0 Å². The average Bonchev–Trinajstić information content (AvgIpc) is 2.91. The number of aromatic amines is 1. The fourth-order valence-electron chi connectivity index (χ4n) is 3.08. The van der Waals surface area contributed by atoms with Crippen LogP contribution in [-0.2, 0) is 6.42 Å². The third kappa shape index (κ3) is 4.51. The Morgan fingerprint density at radius 3 is 2.37 bits per heavy atom. The Balaban J connectivity index is 2.16. The van der Waals surface area contributed by atoms with E-state index in [-0.39, 0.29) is 5.75 Å². The largest absolute Gasteiger partial charge is 0.573 e. The third-order valence-electron chi connectivity index (χ3n) is 4.20. The molecule has 3 aromatic rings. The summed E-state index contributed by atoms with van der Waals surface area (Å²) in [6, 6.07) is 9.38. The van der Waals surface area contributed by atoms with Crippen LogP contribution in [0, 0.1) is 0 Å². The Morgan fingerprint density at radius 1 is 1.04 bits per heavy atom. The molecule has 3 N–H and O–H groups in total. The predicted molar refractivity (Wildman–Crippen MR) is 102 cm³/mol. The van der Waals surface area contributed by atoms with E-state index in [0.717, 1.165) is 18.4 Å². The standard InChI is InChI=1S/C19H17Cl2F3N2O/c20-14-5-3-6-15(21)17(14)18-12(4-1-2-9-25)13-10-11(27-19(22,23)24)7-8-16(13)26-18/h3,5-8,10,26H,1-2,4,9,25H2. The van der Waals surface area contributed by atoms with Crippen LogP contribution in [-0.4, -0.2) is 17.9 Å². The number of ether oxygens (including phenoxy) is 1. The summed E-state index contributed by atoms with van der Waals surface area (Å²) in [5.74, 6) is -0.272. The first-order chi connectivity index (χ1) is 12.8. The summed E-state index contributed by atoms with van der Waals surface area (Å²) in [5.41, 5.74) is 8.41. The van der Waals surface area contributed by atoms with Crippen molar-refractivity contribution < 1.29 is 17.9 Å². The highest BCUT2D eigenvalue weighted by Gasteiger charge is 2.31. The molecule has 0 radical (unpaired) electrons. The summed E-state index contributed by atoms with van der Waals surface area (Å²) in [6.07, 6.45) is -2.56. The van der Waals surface area contributed by atoms with E-state index in [0.29, 0.717) is 45.2 Å². The van der Waals surface area contributed by atoms with Crippen molar-refractivity contribution in [3.8, 4) is 17.0 Å². The minimum absolute atomic E-state index is 0.272. The predicted octanol–water partition coefficient (Wildman–Crippen LogP) is 6.32. The number of aryl methyl sites for hydroxylation is 1. The van der Waals surface area contributed by atoms with Crippen LogP contribution in [0.4, 0.5) is 13.2 Å². The maximum absolute atomic E-state index is 12.6. The van der Waals surface area contributed by atoms with Crippen molar-refractivity contribution in [1.29, 1.82) is 0 Å². The topological polar surface area (TPSA) is 51.0 Å². The number of fused-ring (bicyclic) bond motifs is 1. The molecule has 0 atom stereocenters. The van der Waals surface area contributed by atoms with Crippen LogP contribution in [0.5, 0.6) is 5.75 Å². The van der Waals surface area contributed by atoms with Gasteiger partial charge in [0, 0.05) is 16.5 Å². The van der Waals surface area contributed by atoms with Crippen molar-refractivity contribution in [3.05, 3.63) is 52.0 Å². The lowest BCUT2D eigenvalue weighted by molar-refractivity contribution is -0.274. The van der Waals surface area contributed by atoms with Crippen LogP contribution in [0.15, 0.2) is 36.4 Å². The number of rotatable bonds is 6. The normalized spacial score (nSPS) is 11.9. The molecule has 27 heavy (non-hydrogen) atoms. The summed E-state index contributed by atoms with van der Waals surface area (Å²) in [6.45, 7) is 0.535. The van der Waals surface area contributed by atoms with Crippen molar-refractivity contribution in [2.45, 2.75) is 25.6 Å². The molecule has 0 saturated heterocycles. The average molecular weight is 417 g/mol. The first kappa shape index (κ1) is 19.9. The number of H-pyrrole nitrogens is 1. The maximum Gasteiger partial charge on any atom is 0.573 e. The molecule has 3 nitrogen and oxygen atoms in total. The number of nitrogens with two attached hydrogens (primary N) is 1. The van der Waals surface area contributed by atoms with E-state index in [1.807, 2.05) is 0 Å². The van der Waals surface area contributed by atoms with Crippen molar-refractivity contribution in [2.75, 3.05) is 6.54 Å². The number of hydrogen-bond donors (Lipinski definition) is 2. The van der Waals surface area contributed by atoms with Crippen LogP contribution >= 0.6 is 23.2 Å². The van der Waals surface area contributed by atoms with E-state index < -0.39 is 6.36 Å². The molecule has 0 aliphatic rings. The molecule has 0 bridgehead atoms. The van der Waals surface area contributed by atoms with E-state index in [1.165, 1.54) is 12.1 Å². The number of hydrogen-bond acceptors (Lipinski definition) is 2. The zero-order valence-corrected chi connectivity index (χ0v) is 15.7. The molecule has 0 unspecified atom stereocenters. The highest BCUT2D eigenvalue weighted by molar-refractivity contribution is 6.39. The van der Waals surface area contributed by atoms with Gasteiger partial charge in [-0.3, -0.25) is 0 Å².